The molecule has 0 aliphatic carbocycles. The molecule has 2 aromatic carbocycles. The minimum absolute atomic E-state index is 0.0295. The summed E-state index contributed by atoms with van der Waals surface area (Å²) >= 11 is 12.6. The topological polar surface area (TPSA) is 130 Å². The third-order valence-electron chi connectivity index (χ3n) is 6.65. The standard InChI is InChI=1S/C29H20Cl2F6N8O3/c1-15-9-17(30)10-20(26(47)39-13-16-5-2-3-7-24(16)48-29(35,36)37)19(15)12-23(46)22-11-18(14-44-42-27(40-43-44)28(32,33)34)41-45(22)25-21(31)6-4-8-38-25/h2-11H,12-14H2,1H3,(H,39,47). The molecule has 0 aliphatic rings. The summed E-state index contributed by atoms with van der Waals surface area (Å²) in [5.74, 6) is -3.30. The number of ether oxygens (including phenoxy) is 1. The van der Waals surface area contributed by atoms with E-state index in [1.165, 1.54) is 54.7 Å². The summed E-state index contributed by atoms with van der Waals surface area (Å²) in [5, 5.41) is 16.8. The maximum Gasteiger partial charge on any atom is 0.573 e. The maximum atomic E-state index is 13.9. The Morgan fingerprint density at radius 2 is 1.73 bits per heavy atom. The molecular formula is C29H20Cl2F6N8O3. The van der Waals surface area contributed by atoms with Crippen molar-refractivity contribution in [1.29, 1.82) is 0 Å². The van der Waals surface area contributed by atoms with E-state index in [0.717, 1.165) is 10.7 Å². The van der Waals surface area contributed by atoms with Gasteiger partial charge in [0.2, 0.25) is 0 Å². The Bertz CT molecular complexity index is 1990. The lowest BCUT2D eigenvalue weighted by Crippen LogP contribution is -2.26. The van der Waals surface area contributed by atoms with Crippen LogP contribution in [0.4, 0.5) is 26.3 Å². The molecule has 1 N–H and O–H groups in total. The smallest absolute Gasteiger partial charge is 0.405 e. The fourth-order valence-corrected chi connectivity index (χ4v) is 5.05. The number of aryl methyl sites for hydroxylation is 1. The molecule has 0 saturated heterocycles. The van der Waals surface area contributed by atoms with Crippen LogP contribution in [0.25, 0.3) is 5.82 Å². The van der Waals surface area contributed by atoms with E-state index in [9.17, 15) is 35.9 Å². The number of ketones is 1. The van der Waals surface area contributed by atoms with Gasteiger partial charge < -0.3 is 10.1 Å². The fourth-order valence-electron chi connectivity index (χ4n) is 4.58. The Hall–Kier alpha value is -5.03. The van der Waals surface area contributed by atoms with Gasteiger partial charge in [0.1, 0.15) is 18.0 Å². The minimum atomic E-state index is -4.96. The maximum absolute atomic E-state index is 13.9. The van der Waals surface area contributed by atoms with Crippen molar-refractivity contribution in [3.8, 4) is 11.6 Å². The summed E-state index contributed by atoms with van der Waals surface area (Å²) < 4.78 is 82.8. The van der Waals surface area contributed by atoms with Crippen LogP contribution in [0, 0.1) is 6.92 Å². The van der Waals surface area contributed by atoms with Gasteiger partial charge in [-0.2, -0.15) is 23.1 Å². The zero-order valence-corrected chi connectivity index (χ0v) is 25.8. The first-order chi connectivity index (χ1) is 22.6. The number of alkyl halides is 6. The van der Waals surface area contributed by atoms with Crippen LogP contribution < -0.4 is 10.1 Å². The monoisotopic (exact) mass is 712 g/mol. The Morgan fingerprint density at radius 1 is 0.979 bits per heavy atom. The molecule has 5 rings (SSSR count). The molecule has 0 aliphatic heterocycles. The van der Waals surface area contributed by atoms with Crippen LogP contribution in [0.2, 0.25) is 10.0 Å². The van der Waals surface area contributed by atoms with Gasteiger partial charge >= 0.3 is 12.5 Å². The zero-order valence-electron chi connectivity index (χ0n) is 24.3. The Labute approximate surface area is 276 Å². The predicted octanol–water partition coefficient (Wildman–Crippen LogP) is 6.19. The predicted molar refractivity (Wildman–Crippen MR) is 157 cm³/mol. The van der Waals surface area contributed by atoms with Crippen LogP contribution >= 0.6 is 23.2 Å². The van der Waals surface area contributed by atoms with Crippen molar-refractivity contribution in [3.05, 3.63) is 110 Å². The third-order valence-corrected chi connectivity index (χ3v) is 7.17. The number of hydrogen-bond acceptors (Lipinski definition) is 8. The fraction of sp³-hybridized carbons (Fsp3) is 0.207. The summed E-state index contributed by atoms with van der Waals surface area (Å²) in [6.45, 7) is 0.837. The first-order valence-electron chi connectivity index (χ1n) is 13.6. The summed E-state index contributed by atoms with van der Waals surface area (Å²) in [4.78, 5) is 32.1. The molecule has 0 spiro atoms. The molecule has 250 valence electrons. The average Bonchev–Trinajstić information content (AvgIpc) is 3.65. The molecule has 1 amide bonds. The van der Waals surface area contributed by atoms with Gasteiger partial charge in [-0.15, -0.1) is 23.4 Å². The number of pyridine rings is 1. The van der Waals surface area contributed by atoms with Gasteiger partial charge in [-0.25, -0.2) is 9.67 Å². The molecule has 19 heteroatoms. The SMILES string of the molecule is Cc1cc(Cl)cc(C(=O)NCc2ccccc2OC(F)(F)F)c1CC(=O)c1cc(Cn2nnc(C(F)(F)F)n2)nn1-c1ncccc1Cl. The van der Waals surface area contributed by atoms with Gasteiger partial charge in [-0.05, 0) is 59.7 Å². The van der Waals surface area contributed by atoms with E-state index in [4.69, 9.17) is 23.2 Å². The van der Waals surface area contributed by atoms with Crippen molar-refractivity contribution in [3.63, 3.8) is 0 Å². The van der Waals surface area contributed by atoms with E-state index in [0.29, 0.717) is 10.4 Å². The summed E-state index contributed by atoms with van der Waals surface area (Å²) in [5.41, 5.74) is 0.632. The average molecular weight is 713 g/mol. The molecule has 0 unspecified atom stereocenters. The number of amides is 1. The first kappa shape index (κ1) is 34.3. The van der Waals surface area contributed by atoms with E-state index in [1.54, 1.807) is 6.92 Å². The van der Waals surface area contributed by atoms with Crippen molar-refractivity contribution >= 4 is 34.9 Å². The lowest BCUT2D eigenvalue weighted by atomic mass is 9.95. The highest BCUT2D eigenvalue weighted by atomic mass is 35.5. The van der Waals surface area contributed by atoms with Crippen molar-refractivity contribution in [1.82, 2.24) is 40.3 Å². The number of carbonyl (C=O) groups excluding carboxylic acids is 2. The second kappa shape index (κ2) is 13.6. The van der Waals surface area contributed by atoms with Crippen molar-refractivity contribution < 1.29 is 40.7 Å². The summed E-state index contributed by atoms with van der Waals surface area (Å²) in [6.07, 6.45) is -8.81. The number of hydrogen-bond donors (Lipinski definition) is 1. The number of nitrogens with one attached hydrogen (secondary N) is 1. The van der Waals surface area contributed by atoms with Crippen LogP contribution in [0.5, 0.6) is 5.75 Å². The first-order valence-corrected chi connectivity index (χ1v) is 14.3. The number of benzene rings is 2. The van der Waals surface area contributed by atoms with Crippen molar-refractivity contribution in [2.75, 3.05) is 0 Å². The zero-order chi connectivity index (χ0) is 34.8. The number of rotatable bonds is 10. The van der Waals surface area contributed by atoms with E-state index >= 15 is 0 Å². The highest BCUT2D eigenvalue weighted by Crippen LogP contribution is 2.28. The molecule has 0 fully saturated rings. The highest BCUT2D eigenvalue weighted by Gasteiger charge is 2.37. The van der Waals surface area contributed by atoms with Gasteiger partial charge in [0.15, 0.2) is 11.6 Å². The molecule has 0 radical (unpaired) electrons. The number of nitrogens with zero attached hydrogens (tertiary/aromatic N) is 7. The number of halogens is 8. The number of aromatic nitrogens is 7. The summed E-state index contributed by atoms with van der Waals surface area (Å²) in [7, 11) is 0. The quantitative estimate of drug-likeness (QED) is 0.134. The summed E-state index contributed by atoms with van der Waals surface area (Å²) in [6, 6.07) is 12.4. The van der Waals surface area contributed by atoms with Gasteiger partial charge in [0, 0.05) is 35.3 Å². The Kier molecular flexibility index (Phi) is 9.72. The van der Waals surface area contributed by atoms with Crippen LogP contribution in [0.1, 0.15) is 49.1 Å². The highest BCUT2D eigenvalue weighted by molar-refractivity contribution is 6.32. The molecule has 0 saturated carbocycles. The second-order valence-electron chi connectivity index (χ2n) is 10.1. The second-order valence-corrected chi connectivity index (χ2v) is 10.9. The molecule has 5 aromatic rings. The Morgan fingerprint density at radius 3 is 2.42 bits per heavy atom. The molecule has 48 heavy (non-hydrogen) atoms. The normalized spacial score (nSPS) is 11.9. The lowest BCUT2D eigenvalue weighted by molar-refractivity contribution is -0.274. The van der Waals surface area contributed by atoms with Gasteiger partial charge in [0.25, 0.3) is 11.7 Å². The molecule has 11 nitrogen and oxygen atoms in total. The molecule has 3 aromatic heterocycles. The third kappa shape index (κ3) is 8.09. The van der Waals surface area contributed by atoms with Gasteiger partial charge in [0.05, 0.1) is 10.7 Å². The van der Waals surface area contributed by atoms with Crippen LogP contribution in [-0.4, -0.2) is 53.0 Å². The molecule has 0 atom stereocenters. The van der Waals surface area contributed by atoms with Crippen molar-refractivity contribution in [2.24, 2.45) is 0 Å². The van der Waals surface area contributed by atoms with Crippen molar-refractivity contribution in [2.45, 2.75) is 39.0 Å². The van der Waals surface area contributed by atoms with Crippen LogP contribution in [0.3, 0.4) is 0 Å². The number of Topliss-reactive ketones (excluding diaryl/α,β-unsaturated/α-hetero) is 1. The number of para-hydroxylation sites is 1. The largest absolute Gasteiger partial charge is 0.573 e. The van der Waals surface area contributed by atoms with E-state index < -0.39 is 48.8 Å². The van der Waals surface area contributed by atoms with E-state index in [-0.39, 0.29) is 50.5 Å². The van der Waals surface area contributed by atoms with E-state index in [1.807, 2.05) is 0 Å². The molecule has 3 heterocycles. The van der Waals surface area contributed by atoms with E-state index in [2.05, 4.69) is 35.5 Å². The minimum Gasteiger partial charge on any atom is -0.405 e. The van der Waals surface area contributed by atoms with Gasteiger partial charge in [-0.1, -0.05) is 41.4 Å². The number of tetrazole rings is 1. The van der Waals surface area contributed by atoms with Crippen LogP contribution in [-0.2, 0) is 25.7 Å². The van der Waals surface area contributed by atoms with Crippen LogP contribution in [0.15, 0.2) is 60.8 Å². The Balaban J connectivity index is 1.45. The lowest BCUT2D eigenvalue weighted by Gasteiger charge is -2.16. The number of carbonyl (C=O) groups is 2. The molecular weight excluding hydrogens is 693 g/mol. The van der Waals surface area contributed by atoms with Gasteiger partial charge in [-0.3, -0.25) is 9.59 Å². The molecule has 0 bridgehead atoms.